The van der Waals surface area contributed by atoms with Gasteiger partial charge in [-0.15, -0.1) is 0 Å². The first-order valence-electron chi connectivity index (χ1n) is 7.79. The van der Waals surface area contributed by atoms with Gasteiger partial charge in [0.05, 0.1) is 5.92 Å². The van der Waals surface area contributed by atoms with Gasteiger partial charge in [0.1, 0.15) is 0 Å². The molecule has 1 aliphatic rings. The Morgan fingerprint density at radius 2 is 1.71 bits per heavy atom. The fourth-order valence-corrected chi connectivity index (χ4v) is 3.23. The van der Waals surface area contributed by atoms with Gasteiger partial charge in [-0.1, -0.05) is 54.1 Å². The van der Waals surface area contributed by atoms with Gasteiger partial charge in [-0.25, -0.2) is 0 Å². The van der Waals surface area contributed by atoms with E-state index in [-0.39, 0.29) is 18.1 Å². The highest BCUT2D eigenvalue weighted by atomic mass is 35.5. The number of carbonyl (C=O) groups excluding carboxylic acids is 2. The Balaban J connectivity index is 2.20. The second-order valence-electron chi connectivity index (χ2n) is 6.08. The van der Waals surface area contributed by atoms with Crippen molar-refractivity contribution in [3.63, 3.8) is 0 Å². The lowest BCUT2D eigenvalue weighted by atomic mass is 9.77. The molecular weight excluding hydrogens is 322 g/mol. The van der Waals surface area contributed by atoms with E-state index in [2.05, 4.69) is 0 Å². The summed E-state index contributed by atoms with van der Waals surface area (Å²) in [5, 5.41) is 0.621. The molecule has 0 aliphatic heterocycles. The molecule has 1 atom stereocenters. The van der Waals surface area contributed by atoms with Crippen LogP contribution in [0.4, 0.5) is 0 Å². The average molecular weight is 340 g/mol. The molecule has 2 aromatic rings. The Hall–Kier alpha value is -2.39. The van der Waals surface area contributed by atoms with Gasteiger partial charge in [-0.05, 0) is 28.8 Å². The summed E-state index contributed by atoms with van der Waals surface area (Å²) in [7, 11) is 3.42. The van der Waals surface area contributed by atoms with Crippen molar-refractivity contribution >= 4 is 34.9 Å². The smallest absolute Gasteiger partial charge is 0.230 e. The fraction of sp³-hybridized carbons (Fsp3) is 0.200. The molecular formula is C20H18ClNO2. The monoisotopic (exact) mass is 339 g/mol. The molecule has 3 rings (SSSR count). The van der Waals surface area contributed by atoms with Crippen LogP contribution in [0, 0.1) is 5.92 Å². The van der Waals surface area contributed by atoms with Crippen LogP contribution in [0.5, 0.6) is 0 Å². The summed E-state index contributed by atoms with van der Waals surface area (Å²) in [6.07, 6.45) is 2.12. The first kappa shape index (κ1) is 16.5. The third kappa shape index (κ3) is 3.00. The predicted octanol–water partition coefficient (Wildman–Crippen LogP) is 4.17. The van der Waals surface area contributed by atoms with Gasteiger partial charge in [0.25, 0.3) is 0 Å². The molecule has 0 bridgehead atoms. The molecule has 4 heteroatoms. The lowest BCUT2D eigenvalue weighted by Gasteiger charge is -2.28. The van der Waals surface area contributed by atoms with Crippen LogP contribution < -0.4 is 0 Å². The lowest BCUT2D eigenvalue weighted by Crippen LogP contribution is -2.34. The minimum Gasteiger partial charge on any atom is -0.348 e. The summed E-state index contributed by atoms with van der Waals surface area (Å²) in [4.78, 5) is 26.6. The molecule has 2 aromatic carbocycles. The Morgan fingerprint density at radius 3 is 2.38 bits per heavy atom. The number of nitrogens with zero attached hydrogens (tertiary/aromatic N) is 1. The van der Waals surface area contributed by atoms with Crippen LogP contribution in [0.2, 0.25) is 5.02 Å². The molecule has 0 spiro atoms. The zero-order chi connectivity index (χ0) is 17.3. The molecule has 0 saturated heterocycles. The van der Waals surface area contributed by atoms with Gasteiger partial charge >= 0.3 is 0 Å². The standard InChI is InChI=1S/C20H18ClNO2/c1-22(2)20(24)17-12-19(23)15-9-5-4-8-14(15)16(17)11-13-7-3-6-10-18(13)21/h3-11,17H,12H2,1-2H3/b16-11-/t17-/m0/s1. The van der Waals surface area contributed by atoms with E-state index in [1.54, 1.807) is 14.1 Å². The first-order chi connectivity index (χ1) is 11.5. The second kappa shape index (κ2) is 6.62. The van der Waals surface area contributed by atoms with Gasteiger partial charge in [-0.2, -0.15) is 0 Å². The highest BCUT2D eigenvalue weighted by Crippen LogP contribution is 2.38. The van der Waals surface area contributed by atoms with Crippen LogP contribution in [0.3, 0.4) is 0 Å². The van der Waals surface area contributed by atoms with Gasteiger partial charge in [0, 0.05) is 31.1 Å². The van der Waals surface area contributed by atoms with Gasteiger partial charge < -0.3 is 4.90 Å². The van der Waals surface area contributed by atoms with E-state index in [1.807, 2.05) is 54.6 Å². The van der Waals surface area contributed by atoms with Crippen LogP contribution >= 0.6 is 11.6 Å². The van der Waals surface area contributed by atoms with Crippen LogP contribution in [0.25, 0.3) is 11.6 Å². The minimum atomic E-state index is -0.487. The van der Waals surface area contributed by atoms with Crippen molar-refractivity contribution in [3.8, 4) is 0 Å². The molecule has 0 unspecified atom stereocenters. The van der Waals surface area contributed by atoms with Crippen molar-refractivity contribution in [2.45, 2.75) is 6.42 Å². The molecule has 0 N–H and O–H groups in total. The Morgan fingerprint density at radius 1 is 1.08 bits per heavy atom. The molecule has 0 fully saturated rings. The Bertz CT molecular complexity index is 839. The summed E-state index contributed by atoms with van der Waals surface area (Å²) in [5.41, 5.74) is 3.17. The van der Waals surface area contributed by atoms with E-state index in [4.69, 9.17) is 11.6 Å². The van der Waals surface area contributed by atoms with E-state index in [9.17, 15) is 9.59 Å². The Labute approximate surface area is 146 Å². The van der Waals surface area contributed by atoms with Crippen molar-refractivity contribution < 1.29 is 9.59 Å². The molecule has 122 valence electrons. The molecule has 1 aliphatic carbocycles. The maximum absolute atomic E-state index is 12.6. The number of amides is 1. The van der Waals surface area contributed by atoms with Crippen molar-refractivity contribution in [2.24, 2.45) is 5.92 Å². The van der Waals surface area contributed by atoms with Gasteiger partial charge in [-0.3, -0.25) is 9.59 Å². The normalized spacial score (nSPS) is 18.4. The molecule has 0 radical (unpaired) electrons. The number of hydrogen-bond acceptors (Lipinski definition) is 2. The number of hydrogen-bond donors (Lipinski definition) is 0. The third-order valence-corrected chi connectivity index (χ3v) is 4.60. The van der Waals surface area contributed by atoms with E-state index in [0.717, 1.165) is 16.7 Å². The topological polar surface area (TPSA) is 37.4 Å². The summed E-state index contributed by atoms with van der Waals surface area (Å²) in [6, 6.07) is 14.9. The maximum Gasteiger partial charge on any atom is 0.230 e. The lowest BCUT2D eigenvalue weighted by molar-refractivity contribution is -0.131. The minimum absolute atomic E-state index is 0.00195. The SMILES string of the molecule is CN(C)C(=O)[C@H]1CC(=O)c2ccccc2/C1=C/c1ccccc1Cl. The molecule has 0 saturated carbocycles. The highest BCUT2D eigenvalue weighted by Gasteiger charge is 2.34. The highest BCUT2D eigenvalue weighted by molar-refractivity contribution is 6.32. The van der Waals surface area contributed by atoms with Crippen molar-refractivity contribution in [3.05, 3.63) is 70.2 Å². The average Bonchev–Trinajstić information content (AvgIpc) is 2.58. The van der Waals surface area contributed by atoms with E-state index in [1.165, 1.54) is 4.90 Å². The number of fused-ring (bicyclic) bond motifs is 1. The second-order valence-corrected chi connectivity index (χ2v) is 6.49. The molecule has 24 heavy (non-hydrogen) atoms. The molecule has 3 nitrogen and oxygen atoms in total. The third-order valence-electron chi connectivity index (χ3n) is 4.26. The van der Waals surface area contributed by atoms with Crippen molar-refractivity contribution in [1.29, 1.82) is 0 Å². The summed E-state index contributed by atoms with van der Waals surface area (Å²) in [6.45, 7) is 0. The van der Waals surface area contributed by atoms with Crippen LogP contribution in [-0.4, -0.2) is 30.7 Å². The number of carbonyl (C=O) groups is 2. The largest absolute Gasteiger partial charge is 0.348 e. The van der Waals surface area contributed by atoms with Crippen molar-refractivity contribution in [2.75, 3.05) is 14.1 Å². The van der Waals surface area contributed by atoms with Crippen LogP contribution in [-0.2, 0) is 4.79 Å². The van der Waals surface area contributed by atoms with Gasteiger partial charge in [0.2, 0.25) is 5.91 Å². The van der Waals surface area contributed by atoms with Crippen LogP contribution in [0.15, 0.2) is 48.5 Å². The number of Topliss-reactive ketones (excluding diaryl/α,β-unsaturated/α-hetero) is 1. The fourth-order valence-electron chi connectivity index (χ4n) is 3.04. The summed E-state index contributed by atoms with van der Waals surface area (Å²) < 4.78 is 0. The van der Waals surface area contributed by atoms with Gasteiger partial charge in [0.15, 0.2) is 5.78 Å². The summed E-state index contributed by atoms with van der Waals surface area (Å²) >= 11 is 6.28. The number of ketones is 1. The van der Waals surface area contributed by atoms with E-state index >= 15 is 0 Å². The zero-order valence-corrected chi connectivity index (χ0v) is 14.4. The van der Waals surface area contributed by atoms with Crippen molar-refractivity contribution in [1.82, 2.24) is 4.90 Å². The molecule has 1 amide bonds. The van der Waals surface area contributed by atoms with E-state index in [0.29, 0.717) is 10.6 Å². The maximum atomic E-state index is 12.6. The number of halogens is 1. The quantitative estimate of drug-likeness (QED) is 0.823. The molecule has 0 heterocycles. The predicted molar refractivity (Wildman–Crippen MR) is 96.9 cm³/mol. The summed E-state index contributed by atoms with van der Waals surface area (Å²) in [5.74, 6) is -0.558. The molecule has 0 aromatic heterocycles. The zero-order valence-electron chi connectivity index (χ0n) is 13.6. The van der Waals surface area contributed by atoms with E-state index < -0.39 is 5.92 Å². The Kier molecular flexibility index (Phi) is 4.54. The number of rotatable bonds is 2. The first-order valence-corrected chi connectivity index (χ1v) is 8.16. The van der Waals surface area contributed by atoms with Crippen LogP contribution in [0.1, 0.15) is 27.9 Å². The number of benzene rings is 2.